The Labute approximate surface area is 159 Å². The van der Waals surface area contributed by atoms with E-state index in [-0.39, 0.29) is 22.9 Å². The van der Waals surface area contributed by atoms with Crippen molar-refractivity contribution < 1.29 is 16.8 Å². The summed E-state index contributed by atoms with van der Waals surface area (Å²) in [4.78, 5) is 0.116. The molecule has 8 heteroatoms. The van der Waals surface area contributed by atoms with Gasteiger partial charge in [-0.1, -0.05) is 48.0 Å². The first-order chi connectivity index (χ1) is 12.2. The molecule has 0 aromatic heterocycles. The van der Waals surface area contributed by atoms with Crippen molar-refractivity contribution in [3.05, 3.63) is 64.7 Å². The largest absolute Gasteiger partial charge is 0.243 e. The minimum atomic E-state index is -3.90. The summed E-state index contributed by atoms with van der Waals surface area (Å²) in [5.74, 6) is -0.147. The van der Waals surface area contributed by atoms with Crippen molar-refractivity contribution in [1.29, 1.82) is 0 Å². The van der Waals surface area contributed by atoms with E-state index in [4.69, 9.17) is 11.6 Å². The van der Waals surface area contributed by atoms with E-state index in [2.05, 4.69) is 0 Å². The molecule has 0 unspecified atom stereocenters. The number of rotatable bonds is 5. The zero-order chi connectivity index (χ0) is 18.9. The Kier molecular flexibility index (Phi) is 5.44. The highest BCUT2D eigenvalue weighted by Crippen LogP contribution is 2.30. The van der Waals surface area contributed by atoms with Gasteiger partial charge in [-0.25, -0.2) is 16.8 Å². The average molecular weight is 414 g/mol. The summed E-state index contributed by atoms with van der Waals surface area (Å²) >= 11 is 6.01. The normalized spacial score (nSPS) is 19.7. The van der Waals surface area contributed by atoms with Gasteiger partial charge in [0.25, 0.3) is 0 Å². The van der Waals surface area contributed by atoms with Crippen molar-refractivity contribution in [2.45, 2.75) is 30.8 Å². The first kappa shape index (κ1) is 19.4. The minimum absolute atomic E-state index is 0.00695. The quantitative estimate of drug-likeness (QED) is 0.755. The summed E-state index contributed by atoms with van der Waals surface area (Å²) in [6.45, 7) is 1.82. The van der Waals surface area contributed by atoms with Gasteiger partial charge in [-0.3, -0.25) is 0 Å². The van der Waals surface area contributed by atoms with Crippen LogP contribution in [0, 0.1) is 6.92 Å². The lowest BCUT2D eigenvalue weighted by molar-refractivity contribution is 0.334. The van der Waals surface area contributed by atoms with Gasteiger partial charge in [-0.15, -0.1) is 0 Å². The summed E-state index contributed by atoms with van der Waals surface area (Å²) in [6.07, 6.45) is 0.300. The second-order valence-corrected chi connectivity index (χ2v) is 11.0. The highest BCUT2D eigenvalue weighted by molar-refractivity contribution is 7.92. The molecular formula is C18H20ClNO4S2. The van der Waals surface area contributed by atoms with Crippen molar-refractivity contribution in [2.75, 3.05) is 11.5 Å². The van der Waals surface area contributed by atoms with E-state index in [1.807, 2.05) is 30.3 Å². The zero-order valence-electron chi connectivity index (χ0n) is 14.3. The summed E-state index contributed by atoms with van der Waals surface area (Å²) in [7, 11) is -7.13. The van der Waals surface area contributed by atoms with Crippen molar-refractivity contribution in [1.82, 2.24) is 4.31 Å². The van der Waals surface area contributed by atoms with Gasteiger partial charge < -0.3 is 0 Å². The third-order valence-corrected chi connectivity index (χ3v) is 8.56. The van der Waals surface area contributed by atoms with E-state index < -0.39 is 25.9 Å². The highest BCUT2D eigenvalue weighted by Gasteiger charge is 2.39. The molecule has 0 spiro atoms. The van der Waals surface area contributed by atoms with Crippen LogP contribution in [0.1, 0.15) is 17.5 Å². The van der Waals surface area contributed by atoms with Gasteiger partial charge in [0, 0.05) is 17.6 Å². The van der Waals surface area contributed by atoms with Crippen molar-refractivity contribution in [2.24, 2.45) is 0 Å². The molecular weight excluding hydrogens is 394 g/mol. The number of nitrogens with zero attached hydrogens (tertiary/aromatic N) is 1. The fraction of sp³-hybridized carbons (Fsp3) is 0.333. The summed E-state index contributed by atoms with van der Waals surface area (Å²) in [5.41, 5.74) is 1.38. The Morgan fingerprint density at radius 3 is 2.46 bits per heavy atom. The van der Waals surface area contributed by atoms with E-state index in [1.165, 1.54) is 10.4 Å². The summed E-state index contributed by atoms with van der Waals surface area (Å²) in [5, 5.41) is 0.327. The molecule has 3 rings (SSSR count). The smallest absolute Gasteiger partial charge is 0.229 e. The molecule has 0 radical (unpaired) electrons. The minimum Gasteiger partial charge on any atom is -0.229 e. The molecule has 26 heavy (non-hydrogen) atoms. The van der Waals surface area contributed by atoms with Gasteiger partial charge in [0.05, 0.1) is 16.4 Å². The van der Waals surface area contributed by atoms with Gasteiger partial charge in [-0.2, -0.15) is 4.31 Å². The van der Waals surface area contributed by atoms with Gasteiger partial charge in [0.15, 0.2) is 9.84 Å². The fourth-order valence-corrected chi connectivity index (χ4v) is 7.11. The standard InChI is InChI=1S/C18H20ClNO4S2/c1-14-7-8-16(19)11-18(14)26(23,24)20(12-15-5-3-2-4-6-15)17-9-10-25(21,22)13-17/h2-8,11,17H,9-10,12-13H2,1H3/t17-/m0/s1. The number of hydrogen-bond acceptors (Lipinski definition) is 4. The van der Waals surface area contributed by atoms with Crippen molar-refractivity contribution >= 4 is 31.5 Å². The van der Waals surface area contributed by atoms with E-state index in [1.54, 1.807) is 19.1 Å². The van der Waals surface area contributed by atoms with E-state index in [0.717, 1.165) is 5.56 Å². The summed E-state index contributed by atoms with van der Waals surface area (Å²) < 4.78 is 52.0. The molecule has 1 aliphatic heterocycles. The van der Waals surface area contributed by atoms with Crippen LogP contribution in [-0.4, -0.2) is 38.7 Å². The molecule has 2 aromatic rings. The predicted molar refractivity (Wildman–Crippen MR) is 102 cm³/mol. The Morgan fingerprint density at radius 1 is 1.15 bits per heavy atom. The zero-order valence-corrected chi connectivity index (χ0v) is 16.7. The molecule has 0 N–H and O–H groups in total. The van der Waals surface area contributed by atoms with Crippen LogP contribution in [0.3, 0.4) is 0 Å². The van der Waals surface area contributed by atoms with Crippen LogP contribution in [0.2, 0.25) is 5.02 Å². The Hall–Kier alpha value is -1.41. The van der Waals surface area contributed by atoms with Crippen molar-refractivity contribution in [3.8, 4) is 0 Å². The van der Waals surface area contributed by atoms with Crippen LogP contribution in [0.15, 0.2) is 53.4 Å². The molecule has 5 nitrogen and oxygen atoms in total. The second kappa shape index (κ2) is 7.31. The van der Waals surface area contributed by atoms with Crippen LogP contribution in [0.25, 0.3) is 0 Å². The maximum atomic E-state index is 13.4. The van der Waals surface area contributed by atoms with Gasteiger partial charge in [0.2, 0.25) is 10.0 Å². The predicted octanol–water partition coefficient (Wildman–Crippen LogP) is 3.03. The Morgan fingerprint density at radius 2 is 1.85 bits per heavy atom. The van der Waals surface area contributed by atoms with Crippen molar-refractivity contribution in [3.63, 3.8) is 0 Å². The molecule has 0 saturated carbocycles. The average Bonchev–Trinajstić information content (AvgIpc) is 2.95. The molecule has 0 bridgehead atoms. The molecule has 0 aliphatic carbocycles. The van der Waals surface area contributed by atoms with E-state index in [0.29, 0.717) is 17.0 Å². The lowest BCUT2D eigenvalue weighted by atomic mass is 10.2. The second-order valence-electron chi connectivity index (χ2n) is 6.50. The highest BCUT2D eigenvalue weighted by atomic mass is 35.5. The monoisotopic (exact) mass is 413 g/mol. The first-order valence-corrected chi connectivity index (χ1v) is 11.9. The molecule has 1 atom stereocenters. The maximum Gasteiger partial charge on any atom is 0.243 e. The fourth-order valence-electron chi connectivity index (χ4n) is 3.15. The number of halogens is 1. The number of aryl methyl sites for hydroxylation is 1. The number of hydrogen-bond donors (Lipinski definition) is 0. The molecule has 1 saturated heterocycles. The Balaban J connectivity index is 2.05. The van der Waals surface area contributed by atoms with Gasteiger partial charge in [-0.05, 0) is 36.6 Å². The third kappa shape index (κ3) is 4.11. The number of sulfone groups is 1. The molecule has 1 aliphatic rings. The van der Waals surface area contributed by atoms with Gasteiger partial charge in [0.1, 0.15) is 0 Å². The molecule has 0 amide bonds. The van der Waals surface area contributed by atoms with E-state index >= 15 is 0 Å². The molecule has 1 fully saturated rings. The number of benzene rings is 2. The summed E-state index contributed by atoms with van der Waals surface area (Å²) in [6, 6.07) is 13.3. The van der Waals surface area contributed by atoms with Gasteiger partial charge >= 0.3 is 0 Å². The number of sulfonamides is 1. The lowest BCUT2D eigenvalue weighted by Gasteiger charge is -2.28. The molecule has 2 aromatic carbocycles. The van der Waals surface area contributed by atoms with Crippen LogP contribution >= 0.6 is 11.6 Å². The molecule has 140 valence electrons. The van der Waals surface area contributed by atoms with Crippen LogP contribution < -0.4 is 0 Å². The molecule has 1 heterocycles. The Bertz CT molecular complexity index is 1000. The first-order valence-electron chi connectivity index (χ1n) is 8.21. The maximum absolute atomic E-state index is 13.4. The lowest BCUT2D eigenvalue weighted by Crippen LogP contribution is -2.40. The topological polar surface area (TPSA) is 71.5 Å². The van der Waals surface area contributed by atoms with Crippen LogP contribution in [0.4, 0.5) is 0 Å². The third-order valence-electron chi connectivity index (χ3n) is 4.53. The van der Waals surface area contributed by atoms with Crippen LogP contribution in [-0.2, 0) is 26.4 Å². The van der Waals surface area contributed by atoms with Crippen LogP contribution in [0.5, 0.6) is 0 Å². The van der Waals surface area contributed by atoms with E-state index in [9.17, 15) is 16.8 Å². The SMILES string of the molecule is Cc1ccc(Cl)cc1S(=O)(=O)N(Cc1ccccc1)[C@H]1CCS(=O)(=O)C1.